The van der Waals surface area contributed by atoms with E-state index in [0.29, 0.717) is 18.0 Å². The van der Waals surface area contributed by atoms with Gasteiger partial charge in [-0.25, -0.2) is 4.79 Å². The van der Waals surface area contributed by atoms with E-state index in [-0.39, 0.29) is 24.5 Å². The molecule has 132 valence electrons. The number of benzene rings is 1. The standard InChI is InChI=1S/C18H26N2O4/c1-13(20-9-7-15(12-21)8-10-20)17(22)19-11-14-3-5-16(6-4-14)18(23)24-2/h3-6,13,15,21H,7-12H2,1-2H3,(H,19,22). The molecule has 1 atom stereocenters. The molecule has 1 amide bonds. The summed E-state index contributed by atoms with van der Waals surface area (Å²) in [6.45, 7) is 4.25. The quantitative estimate of drug-likeness (QED) is 0.764. The van der Waals surface area contributed by atoms with Crippen molar-refractivity contribution in [1.29, 1.82) is 0 Å². The largest absolute Gasteiger partial charge is 0.465 e. The molecule has 0 spiro atoms. The van der Waals surface area contributed by atoms with E-state index < -0.39 is 0 Å². The second-order valence-electron chi connectivity index (χ2n) is 6.24. The van der Waals surface area contributed by atoms with Crippen LogP contribution in [0.1, 0.15) is 35.7 Å². The number of nitrogens with zero attached hydrogens (tertiary/aromatic N) is 1. The highest BCUT2D eigenvalue weighted by atomic mass is 16.5. The van der Waals surface area contributed by atoms with Crippen LogP contribution < -0.4 is 5.32 Å². The number of likely N-dealkylation sites (tertiary alicyclic amines) is 1. The summed E-state index contributed by atoms with van der Waals surface area (Å²) in [6, 6.07) is 6.82. The number of nitrogens with one attached hydrogen (secondary N) is 1. The molecule has 0 saturated carbocycles. The molecule has 6 nitrogen and oxygen atoms in total. The molecule has 0 aliphatic carbocycles. The van der Waals surface area contributed by atoms with Gasteiger partial charge in [-0.3, -0.25) is 9.69 Å². The van der Waals surface area contributed by atoms with E-state index in [1.54, 1.807) is 12.1 Å². The smallest absolute Gasteiger partial charge is 0.337 e. The summed E-state index contributed by atoms with van der Waals surface area (Å²) in [6.07, 6.45) is 1.87. The number of hydrogen-bond acceptors (Lipinski definition) is 5. The van der Waals surface area contributed by atoms with Crippen LogP contribution in [-0.2, 0) is 16.1 Å². The van der Waals surface area contributed by atoms with Gasteiger partial charge in [-0.05, 0) is 56.5 Å². The first-order valence-electron chi connectivity index (χ1n) is 8.35. The van der Waals surface area contributed by atoms with Crippen LogP contribution in [0.5, 0.6) is 0 Å². The first-order valence-corrected chi connectivity index (χ1v) is 8.35. The molecule has 0 bridgehead atoms. The van der Waals surface area contributed by atoms with Gasteiger partial charge in [0.2, 0.25) is 5.91 Å². The average Bonchev–Trinajstić information content (AvgIpc) is 2.65. The number of carbonyl (C=O) groups excluding carboxylic acids is 2. The Morgan fingerprint density at radius 2 is 1.92 bits per heavy atom. The van der Waals surface area contributed by atoms with Gasteiger partial charge in [-0.15, -0.1) is 0 Å². The molecule has 2 N–H and O–H groups in total. The number of methoxy groups -OCH3 is 1. The molecular formula is C18H26N2O4. The Morgan fingerprint density at radius 3 is 2.46 bits per heavy atom. The van der Waals surface area contributed by atoms with Crippen molar-refractivity contribution in [3.8, 4) is 0 Å². The molecule has 24 heavy (non-hydrogen) atoms. The zero-order chi connectivity index (χ0) is 17.5. The van der Waals surface area contributed by atoms with E-state index in [1.807, 2.05) is 19.1 Å². The van der Waals surface area contributed by atoms with Crippen LogP contribution in [0.25, 0.3) is 0 Å². The van der Waals surface area contributed by atoms with Crippen LogP contribution in [0.3, 0.4) is 0 Å². The lowest BCUT2D eigenvalue weighted by atomic mass is 9.97. The molecule has 1 aliphatic rings. The average molecular weight is 334 g/mol. The minimum atomic E-state index is -0.370. The molecule has 2 rings (SSSR count). The van der Waals surface area contributed by atoms with E-state index in [2.05, 4.69) is 15.0 Å². The molecule has 1 unspecified atom stereocenters. The second-order valence-corrected chi connectivity index (χ2v) is 6.24. The van der Waals surface area contributed by atoms with Crippen molar-refractivity contribution in [2.45, 2.75) is 32.4 Å². The lowest BCUT2D eigenvalue weighted by Crippen LogP contribution is -2.48. The molecule has 1 fully saturated rings. The van der Waals surface area contributed by atoms with Gasteiger partial charge >= 0.3 is 5.97 Å². The van der Waals surface area contributed by atoms with Gasteiger partial charge in [-0.2, -0.15) is 0 Å². The highest BCUT2D eigenvalue weighted by Crippen LogP contribution is 2.18. The predicted molar refractivity (Wildman–Crippen MR) is 90.5 cm³/mol. The minimum Gasteiger partial charge on any atom is -0.465 e. The first kappa shape index (κ1) is 18.4. The lowest BCUT2D eigenvalue weighted by Gasteiger charge is -2.34. The molecule has 1 aliphatic heterocycles. The van der Waals surface area contributed by atoms with Crippen molar-refractivity contribution in [3.05, 3.63) is 35.4 Å². The van der Waals surface area contributed by atoms with E-state index in [9.17, 15) is 14.7 Å². The van der Waals surface area contributed by atoms with Crippen LogP contribution in [0, 0.1) is 5.92 Å². The maximum Gasteiger partial charge on any atom is 0.337 e. The Labute approximate surface area is 142 Å². The summed E-state index contributed by atoms with van der Waals surface area (Å²) < 4.78 is 4.66. The number of aliphatic hydroxyl groups is 1. The molecule has 1 aromatic rings. The summed E-state index contributed by atoms with van der Waals surface area (Å²) >= 11 is 0. The number of ether oxygens (including phenoxy) is 1. The fraction of sp³-hybridized carbons (Fsp3) is 0.556. The van der Waals surface area contributed by atoms with E-state index >= 15 is 0 Å². The molecule has 6 heteroatoms. The van der Waals surface area contributed by atoms with Crippen molar-refractivity contribution in [2.24, 2.45) is 5.92 Å². The summed E-state index contributed by atoms with van der Waals surface area (Å²) in [5.41, 5.74) is 1.43. The van der Waals surface area contributed by atoms with Crippen LogP contribution in [-0.4, -0.2) is 54.7 Å². The third kappa shape index (κ3) is 4.79. The van der Waals surface area contributed by atoms with Crippen LogP contribution in [0.2, 0.25) is 0 Å². The maximum atomic E-state index is 12.3. The topological polar surface area (TPSA) is 78.9 Å². The molecule has 1 saturated heterocycles. The van der Waals surface area contributed by atoms with Gasteiger partial charge in [0.15, 0.2) is 0 Å². The number of amides is 1. The fourth-order valence-corrected chi connectivity index (χ4v) is 2.90. The summed E-state index contributed by atoms with van der Waals surface area (Å²) in [5.74, 6) is -0.00943. The minimum absolute atomic E-state index is 0.00510. The molecular weight excluding hydrogens is 308 g/mol. The number of piperidine rings is 1. The number of carbonyl (C=O) groups is 2. The van der Waals surface area contributed by atoms with Crippen molar-refractivity contribution in [3.63, 3.8) is 0 Å². The van der Waals surface area contributed by atoms with Crippen molar-refractivity contribution < 1.29 is 19.4 Å². The molecule has 0 radical (unpaired) electrons. The lowest BCUT2D eigenvalue weighted by molar-refractivity contribution is -0.126. The first-order chi connectivity index (χ1) is 11.5. The van der Waals surface area contributed by atoms with E-state index in [0.717, 1.165) is 31.5 Å². The van der Waals surface area contributed by atoms with Gasteiger partial charge in [0, 0.05) is 13.2 Å². The third-order valence-corrected chi connectivity index (χ3v) is 4.68. The normalized spacial score (nSPS) is 17.3. The highest BCUT2D eigenvalue weighted by Gasteiger charge is 2.26. The van der Waals surface area contributed by atoms with Crippen molar-refractivity contribution >= 4 is 11.9 Å². The Hall–Kier alpha value is -1.92. The monoisotopic (exact) mass is 334 g/mol. The highest BCUT2D eigenvalue weighted by molar-refractivity contribution is 5.89. The number of rotatable bonds is 6. The molecule has 0 aromatic heterocycles. The molecule has 1 aromatic carbocycles. The predicted octanol–water partition coefficient (Wildman–Crippen LogP) is 1.18. The van der Waals surface area contributed by atoms with Gasteiger partial charge in [0.25, 0.3) is 0 Å². The maximum absolute atomic E-state index is 12.3. The zero-order valence-corrected chi connectivity index (χ0v) is 14.3. The SMILES string of the molecule is COC(=O)c1ccc(CNC(=O)C(C)N2CCC(CO)CC2)cc1. The van der Waals surface area contributed by atoms with Crippen LogP contribution in [0.15, 0.2) is 24.3 Å². The zero-order valence-electron chi connectivity index (χ0n) is 14.3. The van der Waals surface area contributed by atoms with Gasteiger partial charge in [0.05, 0.1) is 18.7 Å². The number of esters is 1. The summed E-state index contributed by atoms with van der Waals surface area (Å²) in [7, 11) is 1.35. The second kappa shape index (κ2) is 8.80. The van der Waals surface area contributed by atoms with Gasteiger partial charge in [0.1, 0.15) is 0 Å². The Bertz CT molecular complexity index is 551. The van der Waals surface area contributed by atoms with Crippen molar-refractivity contribution in [1.82, 2.24) is 10.2 Å². The summed E-state index contributed by atoms with van der Waals surface area (Å²) in [4.78, 5) is 25.9. The van der Waals surface area contributed by atoms with E-state index in [4.69, 9.17) is 0 Å². The fourth-order valence-electron chi connectivity index (χ4n) is 2.90. The van der Waals surface area contributed by atoms with Crippen LogP contribution >= 0.6 is 0 Å². The van der Waals surface area contributed by atoms with Gasteiger partial charge < -0.3 is 15.2 Å². The molecule has 1 heterocycles. The number of aliphatic hydroxyl groups excluding tert-OH is 1. The van der Waals surface area contributed by atoms with Crippen molar-refractivity contribution in [2.75, 3.05) is 26.8 Å². The van der Waals surface area contributed by atoms with Gasteiger partial charge in [-0.1, -0.05) is 12.1 Å². The Morgan fingerprint density at radius 1 is 1.29 bits per heavy atom. The van der Waals surface area contributed by atoms with E-state index in [1.165, 1.54) is 7.11 Å². The Balaban J connectivity index is 1.81. The summed E-state index contributed by atoms with van der Waals surface area (Å²) in [5, 5.41) is 12.1. The van der Waals surface area contributed by atoms with Crippen LogP contribution in [0.4, 0.5) is 0 Å². The third-order valence-electron chi connectivity index (χ3n) is 4.68. The Kier molecular flexibility index (Phi) is 6.75. The number of hydrogen-bond donors (Lipinski definition) is 2.